The summed E-state index contributed by atoms with van der Waals surface area (Å²) in [6.45, 7) is 12.6. The van der Waals surface area contributed by atoms with Crippen LogP contribution in [0, 0.1) is 57.0 Å². The molecule has 0 aromatic heterocycles. The molecule has 0 spiro atoms. The molecule has 0 heterocycles. The molecule has 8 unspecified atom stereocenters. The Bertz CT molecular complexity index is 1200. The molecule has 1 aromatic rings. The predicted molar refractivity (Wildman–Crippen MR) is 200 cm³/mol. The summed E-state index contributed by atoms with van der Waals surface area (Å²) < 4.78 is 9.46. The highest BCUT2D eigenvalue weighted by Gasteiger charge is 2.59. The highest BCUT2D eigenvalue weighted by atomic mass is 127. The zero-order valence-corrected chi connectivity index (χ0v) is 32.9. The van der Waals surface area contributed by atoms with Crippen LogP contribution in [0.25, 0.3) is 0 Å². The van der Waals surface area contributed by atoms with Crippen LogP contribution in [0.4, 0.5) is 5.69 Å². The summed E-state index contributed by atoms with van der Waals surface area (Å²) in [5, 5.41) is 0. The first-order valence-electron chi connectivity index (χ1n) is 16.7. The maximum absolute atomic E-state index is 13.0. The van der Waals surface area contributed by atoms with E-state index in [0.717, 1.165) is 61.2 Å². The van der Waals surface area contributed by atoms with Gasteiger partial charge in [0, 0.05) is 23.6 Å². The number of benzene rings is 1. The van der Waals surface area contributed by atoms with Crippen molar-refractivity contribution in [1.82, 2.24) is 0 Å². The van der Waals surface area contributed by atoms with Gasteiger partial charge < -0.3 is 10.5 Å². The maximum atomic E-state index is 13.0. The largest absolute Gasteiger partial charge is 0.462 e. The molecule has 3 nitrogen and oxygen atoms in total. The monoisotopic (exact) mass is 911 g/mol. The molecule has 0 saturated heterocycles. The van der Waals surface area contributed by atoms with E-state index in [1.54, 1.807) is 5.57 Å². The summed E-state index contributed by atoms with van der Waals surface area (Å²) in [4.78, 5) is 13.0. The van der Waals surface area contributed by atoms with Gasteiger partial charge in [-0.25, -0.2) is 0 Å². The Morgan fingerprint density at radius 1 is 1.02 bits per heavy atom. The molecule has 0 amide bonds. The number of halogens is 3. The Kier molecular flexibility index (Phi) is 11.0. The van der Waals surface area contributed by atoms with Crippen LogP contribution in [0.5, 0.6) is 0 Å². The topological polar surface area (TPSA) is 52.3 Å². The molecule has 234 valence electrons. The van der Waals surface area contributed by atoms with Crippen molar-refractivity contribution in [2.24, 2.45) is 46.3 Å². The van der Waals surface area contributed by atoms with Gasteiger partial charge in [-0.3, -0.25) is 4.79 Å². The molecule has 3 saturated carbocycles. The van der Waals surface area contributed by atoms with E-state index in [1.807, 2.05) is 0 Å². The van der Waals surface area contributed by atoms with E-state index >= 15 is 0 Å². The van der Waals surface area contributed by atoms with E-state index < -0.39 is 0 Å². The Morgan fingerprint density at radius 2 is 1.79 bits per heavy atom. The number of fused-ring (bicyclic) bond motifs is 5. The summed E-state index contributed by atoms with van der Waals surface area (Å²) in [6.07, 6.45) is 18.0. The number of nitrogens with two attached hydrogens (primary N) is 1. The lowest BCUT2D eigenvalue weighted by atomic mass is 9.47. The minimum Gasteiger partial charge on any atom is -0.462 e. The summed E-state index contributed by atoms with van der Waals surface area (Å²) in [6, 6.07) is 2.11. The maximum Gasteiger partial charge on any atom is 0.306 e. The van der Waals surface area contributed by atoms with Gasteiger partial charge in [-0.05, 0) is 177 Å². The summed E-state index contributed by atoms with van der Waals surface area (Å²) in [5.41, 5.74) is 10.7. The molecule has 6 heteroatoms. The van der Waals surface area contributed by atoms with Crippen molar-refractivity contribution >= 4 is 79.4 Å². The van der Waals surface area contributed by atoms with Crippen molar-refractivity contribution in [3.63, 3.8) is 0 Å². The number of anilines is 1. The quantitative estimate of drug-likeness (QED) is 0.116. The molecule has 5 rings (SSSR count). The minimum absolute atomic E-state index is 0.0321. The lowest BCUT2D eigenvalue weighted by molar-refractivity contribution is -0.151. The van der Waals surface area contributed by atoms with Crippen molar-refractivity contribution in [2.45, 2.75) is 124 Å². The number of nitrogen functional groups attached to an aromatic ring is 1. The summed E-state index contributed by atoms with van der Waals surface area (Å²) in [7, 11) is 0. The first-order chi connectivity index (χ1) is 19.8. The third kappa shape index (κ3) is 6.62. The zero-order valence-electron chi connectivity index (χ0n) is 26.4. The molecule has 4 aliphatic carbocycles. The Labute approximate surface area is 296 Å². The van der Waals surface area contributed by atoms with Gasteiger partial charge in [0.15, 0.2) is 0 Å². The second-order valence-corrected chi connectivity index (χ2v) is 18.6. The van der Waals surface area contributed by atoms with Gasteiger partial charge in [0.1, 0.15) is 6.10 Å². The predicted octanol–water partition coefficient (Wildman–Crippen LogP) is 11.0. The highest BCUT2D eigenvalue weighted by Crippen LogP contribution is 2.67. The lowest BCUT2D eigenvalue weighted by Crippen LogP contribution is -2.51. The fraction of sp³-hybridized carbons (Fsp3) is 0.750. The molecule has 0 aliphatic heterocycles. The van der Waals surface area contributed by atoms with E-state index in [0.29, 0.717) is 23.7 Å². The van der Waals surface area contributed by atoms with Crippen LogP contribution in [-0.2, 0) is 16.0 Å². The molecule has 4 aliphatic rings. The van der Waals surface area contributed by atoms with Gasteiger partial charge in [-0.15, -0.1) is 0 Å². The van der Waals surface area contributed by atoms with Gasteiger partial charge in [0.25, 0.3) is 0 Å². The average molecular weight is 912 g/mol. The van der Waals surface area contributed by atoms with Crippen LogP contribution in [0.15, 0.2) is 17.7 Å². The van der Waals surface area contributed by atoms with Gasteiger partial charge in [0.05, 0.1) is 5.69 Å². The van der Waals surface area contributed by atoms with Gasteiger partial charge in [-0.1, -0.05) is 65.5 Å². The second-order valence-electron chi connectivity index (χ2n) is 15.2. The first kappa shape index (κ1) is 33.8. The molecule has 2 N–H and O–H groups in total. The minimum atomic E-state index is -0.0606. The van der Waals surface area contributed by atoms with Crippen LogP contribution < -0.4 is 5.73 Å². The normalized spacial score (nSPS) is 34.8. The summed E-state index contributed by atoms with van der Waals surface area (Å²) in [5.74, 6) is 5.07. The molecule has 42 heavy (non-hydrogen) atoms. The number of allylic oxidation sites excluding steroid dienone is 1. The number of hydrogen-bond acceptors (Lipinski definition) is 3. The van der Waals surface area contributed by atoms with Crippen molar-refractivity contribution in [3.8, 4) is 0 Å². The molecule has 1 aromatic carbocycles. The Morgan fingerprint density at radius 3 is 2.52 bits per heavy atom. The molecule has 8 atom stereocenters. The van der Waals surface area contributed by atoms with E-state index in [-0.39, 0.29) is 12.1 Å². The lowest BCUT2D eigenvalue weighted by Gasteiger charge is -2.58. The van der Waals surface area contributed by atoms with Crippen molar-refractivity contribution in [3.05, 3.63) is 34.0 Å². The van der Waals surface area contributed by atoms with Crippen LogP contribution >= 0.6 is 67.8 Å². The number of carbonyl (C=O) groups excluding carboxylic acids is 1. The average Bonchev–Trinajstić information content (AvgIpc) is 3.29. The smallest absolute Gasteiger partial charge is 0.306 e. The first-order valence-corrected chi connectivity index (χ1v) is 19.9. The van der Waals surface area contributed by atoms with Crippen LogP contribution in [0.3, 0.4) is 0 Å². The zero-order chi connectivity index (χ0) is 30.4. The number of hydrogen-bond donors (Lipinski definition) is 1. The van der Waals surface area contributed by atoms with Crippen LogP contribution in [0.1, 0.15) is 117 Å². The number of rotatable bonds is 9. The third-order valence-electron chi connectivity index (χ3n) is 12.4. The van der Waals surface area contributed by atoms with E-state index in [4.69, 9.17) is 10.5 Å². The SMILES string of the molecule is CC(C)CCCC(C)C1CCC2C3CC=C4CC(OC(=O)CCc5c(I)cc(I)c(N)c5I)CCC4(C)C3CCC12C. The molecular weight excluding hydrogens is 859 g/mol. The fourth-order valence-corrected chi connectivity index (χ4v) is 14.0. The second kappa shape index (κ2) is 13.6. The van der Waals surface area contributed by atoms with E-state index in [9.17, 15) is 4.79 Å². The standard InChI is InChI=1S/C36H52I3NO2/c1-21(2)7-6-8-22(3)27-12-13-28-25-10-9-23-19-24(15-17-35(23,4)29(25)16-18-36(27,28)5)42-32(41)14-11-26-30(37)20-31(38)34(40)33(26)39/h9,20-22,24-25,27-29H,6-8,10-19,40H2,1-5H3. The Balaban J connectivity index is 1.19. The fourth-order valence-electron chi connectivity index (χ4n) is 10.1. The molecule has 0 radical (unpaired) electrons. The van der Waals surface area contributed by atoms with Crippen molar-refractivity contribution in [1.29, 1.82) is 0 Å². The molecule has 0 bridgehead atoms. The number of esters is 1. The highest BCUT2D eigenvalue weighted by molar-refractivity contribution is 14.1. The third-order valence-corrected chi connectivity index (χ3v) is 15.5. The van der Waals surface area contributed by atoms with Crippen molar-refractivity contribution < 1.29 is 9.53 Å². The van der Waals surface area contributed by atoms with Gasteiger partial charge in [-0.2, -0.15) is 0 Å². The molecule has 3 fully saturated rings. The number of ether oxygens (including phenoxy) is 1. The van der Waals surface area contributed by atoms with E-state index in [1.165, 1.54) is 66.9 Å². The number of carbonyl (C=O) groups is 1. The van der Waals surface area contributed by atoms with Crippen LogP contribution in [0.2, 0.25) is 0 Å². The Hall–Kier alpha value is 0.420. The van der Waals surface area contributed by atoms with Gasteiger partial charge in [0.2, 0.25) is 0 Å². The van der Waals surface area contributed by atoms with Crippen LogP contribution in [-0.4, -0.2) is 12.1 Å². The molecular formula is C36H52I3NO2. The van der Waals surface area contributed by atoms with Crippen molar-refractivity contribution in [2.75, 3.05) is 5.73 Å². The van der Waals surface area contributed by atoms with Gasteiger partial charge >= 0.3 is 5.97 Å². The van der Waals surface area contributed by atoms with E-state index in [2.05, 4.69) is 115 Å². The summed E-state index contributed by atoms with van der Waals surface area (Å²) >= 11 is 6.97.